The van der Waals surface area contributed by atoms with Crippen molar-refractivity contribution in [1.82, 2.24) is 0 Å². The average molecular weight is 442 g/mol. The second-order valence-electron chi connectivity index (χ2n) is 8.29. The van der Waals surface area contributed by atoms with Gasteiger partial charge in [0, 0.05) is 11.3 Å². The Hall–Kier alpha value is -2.67. The molecule has 1 heterocycles. The third kappa shape index (κ3) is 5.15. The number of rotatable bonds is 8. The monoisotopic (exact) mass is 441 g/mol. The molecule has 0 spiro atoms. The number of carbonyl (C=O) groups is 3. The maximum atomic E-state index is 12.4. The molecular weight excluding hydrogens is 414 g/mol. The number of benzene rings is 1. The Morgan fingerprint density at radius 3 is 2.58 bits per heavy atom. The van der Waals surface area contributed by atoms with Crippen molar-refractivity contribution < 1.29 is 23.9 Å². The molecule has 0 saturated heterocycles. The Morgan fingerprint density at radius 1 is 1.10 bits per heavy atom. The van der Waals surface area contributed by atoms with E-state index in [-0.39, 0.29) is 19.2 Å². The minimum Gasteiger partial charge on any atom is -0.462 e. The van der Waals surface area contributed by atoms with Crippen LogP contribution in [0, 0.1) is 17.8 Å². The van der Waals surface area contributed by atoms with Crippen molar-refractivity contribution in [1.29, 1.82) is 0 Å². The molecule has 2 bridgehead atoms. The Labute approximate surface area is 185 Å². The molecule has 7 heteroatoms. The van der Waals surface area contributed by atoms with Crippen LogP contribution in [0.2, 0.25) is 0 Å². The van der Waals surface area contributed by atoms with Crippen LogP contribution in [-0.4, -0.2) is 31.1 Å². The summed E-state index contributed by atoms with van der Waals surface area (Å²) in [4.78, 5) is 38.2. The summed E-state index contributed by atoms with van der Waals surface area (Å²) < 4.78 is 10.4. The standard InChI is InChI=1S/C24H27NO5S/c1-2-29-24(28)23-19(13-20(31-23)16-6-4-3-5-7-16)25-21(26)14-30-22(27)12-18-11-15-8-9-17(18)10-15/h3-7,13,15,17-18H,2,8-12,14H2,1H3,(H,25,26). The van der Waals surface area contributed by atoms with Crippen LogP contribution in [0.5, 0.6) is 0 Å². The number of fused-ring (bicyclic) bond motifs is 2. The summed E-state index contributed by atoms with van der Waals surface area (Å²) in [6.07, 6.45) is 5.22. The van der Waals surface area contributed by atoms with Crippen molar-refractivity contribution in [2.45, 2.75) is 39.0 Å². The van der Waals surface area contributed by atoms with E-state index in [0.29, 0.717) is 28.8 Å². The molecule has 1 amide bonds. The van der Waals surface area contributed by atoms with Gasteiger partial charge in [-0.25, -0.2) is 4.79 Å². The number of hydrogen-bond acceptors (Lipinski definition) is 6. The number of thiophene rings is 1. The fraction of sp³-hybridized carbons (Fsp3) is 0.458. The molecule has 3 atom stereocenters. The summed E-state index contributed by atoms with van der Waals surface area (Å²) in [7, 11) is 0. The normalized spacial score (nSPS) is 21.6. The number of amides is 1. The van der Waals surface area contributed by atoms with Gasteiger partial charge < -0.3 is 14.8 Å². The summed E-state index contributed by atoms with van der Waals surface area (Å²) in [5, 5.41) is 2.71. The molecule has 1 aromatic carbocycles. The smallest absolute Gasteiger partial charge is 0.350 e. The molecule has 0 aliphatic heterocycles. The Kier molecular flexibility index (Phi) is 6.70. The lowest BCUT2D eigenvalue weighted by molar-refractivity contribution is -0.148. The molecule has 2 aliphatic rings. The number of hydrogen-bond donors (Lipinski definition) is 1. The number of esters is 2. The fourth-order valence-electron chi connectivity index (χ4n) is 4.81. The van der Waals surface area contributed by atoms with Gasteiger partial charge in [-0.3, -0.25) is 9.59 Å². The van der Waals surface area contributed by atoms with Gasteiger partial charge in [0.15, 0.2) is 6.61 Å². The van der Waals surface area contributed by atoms with Gasteiger partial charge in [0.25, 0.3) is 5.91 Å². The van der Waals surface area contributed by atoms with E-state index in [4.69, 9.17) is 9.47 Å². The first-order valence-electron chi connectivity index (χ1n) is 10.8. The van der Waals surface area contributed by atoms with Crippen LogP contribution in [0.15, 0.2) is 36.4 Å². The first-order chi connectivity index (χ1) is 15.0. The third-order valence-corrected chi connectivity index (χ3v) is 7.37. The molecule has 1 aromatic heterocycles. The van der Waals surface area contributed by atoms with Crippen LogP contribution >= 0.6 is 11.3 Å². The second-order valence-corrected chi connectivity index (χ2v) is 9.34. The summed E-state index contributed by atoms with van der Waals surface area (Å²) in [5.74, 6) is 0.525. The van der Waals surface area contributed by atoms with Crippen LogP contribution < -0.4 is 5.32 Å². The minimum absolute atomic E-state index is 0.241. The first kappa shape index (κ1) is 21.6. The van der Waals surface area contributed by atoms with Crippen molar-refractivity contribution in [3.05, 3.63) is 41.3 Å². The molecular formula is C24H27NO5S. The molecule has 31 heavy (non-hydrogen) atoms. The molecule has 2 aliphatic carbocycles. The molecule has 164 valence electrons. The number of nitrogens with one attached hydrogen (secondary N) is 1. The van der Waals surface area contributed by atoms with Gasteiger partial charge in [0.05, 0.1) is 12.3 Å². The molecule has 2 fully saturated rings. The first-order valence-corrected chi connectivity index (χ1v) is 11.7. The predicted molar refractivity (Wildman–Crippen MR) is 119 cm³/mol. The highest BCUT2D eigenvalue weighted by atomic mass is 32.1. The van der Waals surface area contributed by atoms with Crippen molar-refractivity contribution in [2.24, 2.45) is 17.8 Å². The zero-order valence-corrected chi connectivity index (χ0v) is 18.4. The van der Waals surface area contributed by atoms with Crippen LogP contribution in [0.25, 0.3) is 10.4 Å². The highest BCUT2D eigenvalue weighted by molar-refractivity contribution is 7.18. The molecule has 1 N–H and O–H groups in total. The average Bonchev–Trinajstić information content (AvgIpc) is 3.49. The van der Waals surface area contributed by atoms with Gasteiger partial charge >= 0.3 is 11.9 Å². The van der Waals surface area contributed by atoms with Crippen LogP contribution in [-0.2, 0) is 19.1 Å². The summed E-state index contributed by atoms with van der Waals surface area (Å²) in [6, 6.07) is 11.4. The van der Waals surface area contributed by atoms with E-state index in [9.17, 15) is 14.4 Å². The predicted octanol–water partition coefficient (Wildman–Crippen LogP) is 4.90. The fourth-order valence-corrected chi connectivity index (χ4v) is 5.82. The maximum absolute atomic E-state index is 12.4. The SMILES string of the molecule is CCOC(=O)c1sc(-c2ccccc2)cc1NC(=O)COC(=O)CC1CC2CCC1C2. The van der Waals surface area contributed by atoms with Crippen molar-refractivity contribution in [2.75, 3.05) is 18.5 Å². The molecule has 4 rings (SSSR count). The lowest BCUT2D eigenvalue weighted by Crippen LogP contribution is -2.23. The molecule has 0 radical (unpaired) electrons. The van der Waals surface area contributed by atoms with Gasteiger partial charge in [-0.1, -0.05) is 36.8 Å². The summed E-state index contributed by atoms with van der Waals surface area (Å²) >= 11 is 1.26. The molecule has 2 aromatic rings. The zero-order chi connectivity index (χ0) is 21.8. The van der Waals surface area contributed by atoms with E-state index >= 15 is 0 Å². The summed E-state index contributed by atoms with van der Waals surface area (Å²) in [5.41, 5.74) is 1.31. The third-order valence-electron chi connectivity index (χ3n) is 6.20. The number of carbonyl (C=O) groups excluding carboxylic acids is 3. The molecule has 6 nitrogen and oxygen atoms in total. The Balaban J connectivity index is 1.36. The molecule has 3 unspecified atom stereocenters. The highest BCUT2D eigenvalue weighted by Gasteiger charge is 2.40. The van der Waals surface area contributed by atoms with Crippen LogP contribution in [0.1, 0.15) is 48.7 Å². The van der Waals surface area contributed by atoms with Gasteiger partial charge in [-0.2, -0.15) is 0 Å². The van der Waals surface area contributed by atoms with E-state index in [1.807, 2.05) is 30.3 Å². The van der Waals surface area contributed by atoms with Gasteiger partial charge in [-0.15, -0.1) is 11.3 Å². The molecule has 2 saturated carbocycles. The number of ether oxygens (including phenoxy) is 2. The zero-order valence-electron chi connectivity index (χ0n) is 17.6. The van der Waals surface area contributed by atoms with Crippen LogP contribution in [0.4, 0.5) is 5.69 Å². The Bertz CT molecular complexity index is 954. The lowest BCUT2D eigenvalue weighted by Gasteiger charge is -2.20. The van der Waals surface area contributed by atoms with Gasteiger partial charge in [0.2, 0.25) is 0 Å². The Morgan fingerprint density at radius 2 is 1.90 bits per heavy atom. The van der Waals surface area contributed by atoms with E-state index in [0.717, 1.165) is 22.8 Å². The maximum Gasteiger partial charge on any atom is 0.350 e. The van der Waals surface area contributed by atoms with E-state index in [1.165, 1.54) is 30.6 Å². The topological polar surface area (TPSA) is 81.7 Å². The second kappa shape index (κ2) is 9.64. The highest BCUT2D eigenvalue weighted by Crippen LogP contribution is 2.49. The van der Waals surface area contributed by atoms with E-state index < -0.39 is 11.9 Å². The van der Waals surface area contributed by atoms with Gasteiger partial charge in [-0.05, 0) is 55.6 Å². The largest absolute Gasteiger partial charge is 0.462 e. The van der Waals surface area contributed by atoms with E-state index in [1.54, 1.807) is 13.0 Å². The lowest BCUT2D eigenvalue weighted by atomic mass is 9.86. The van der Waals surface area contributed by atoms with Gasteiger partial charge in [0.1, 0.15) is 4.88 Å². The van der Waals surface area contributed by atoms with E-state index in [2.05, 4.69) is 5.32 Å². The van der Waals surface area contributed by atoms with Crippen molar-refractivity contribution in [3.8, 4) is 10.4 Å². The minimum atomic E-state index is -0.488. The number of anilines is 1. The quantitative estimate of drug-likeness (QED) is 0.589. The van der Waals surface area contributed by atoms with Crippen molar-refractivity contribution >= 4 is 34.9 Å². The van der Waals surface area contributed by atoms with Crippen molar-refractivity contribution in [3.63, 3.8) is 0 Å². The van der Waals surface area contributed by atoms with Crippen LogP contribution in [0.3, 0.4) is 0 Å². The summed E-state index contributed by atoms with van der Waals surface area (Å²) in [6.45, 7) is 1.61.